The molecule has 0 aromatic heterocycles. The Morgan fingerprint density at radius 1 is 1.11 bits per heavy atom. The molecule has 0 heterocycles. The number of benzene rings is 1. The molecule has 1 saturated carbocycles. The molecule has 1 aromatic rings. The molecule has 4 nitrogen and oxygen atoms in total. The van der Waals surface area contributed by atoms with E-state index in [1.54, 1.807) is 0 Å². The van der Waals surface area contributed by atoms with Gasteiger partial charge in [0.25, 0.3) is 5.91 Å². The van der Waals surface area contributed by atoms with Gasteiger partial charge in [-0.05, 0) is 36.2 Å². The van der Waals surface area contributed by atoms with Crippen molar-refractivity contribution in [2.45, 2.75) is 77.8 Å². The number of rotatable bonds is 5. The molecule has 2 amide bonds. The van der Waals surface area contributed by atoms with Crippen LogP contribution in [0.5, 0.6) is 0 Å². The van der Waals surface area contributed by atoms with Crippen molar-refractivity contribution in [3.8, 4) is 11.8 Å². The van der Waals surface area contributed by atoms with Crippen molar-refractivity contribution in [1.29, 1.82) is 0 Å². The predicted octanol–water partition coefficient (Wildman–Crippen LogP) is 3.60. The van der Waals surface area contributed by atoms with Crippen molar-refractivity contribution in [3.63, 3.8) is 0 Å². The molecule has 0 saturated heterocycles. The third-order valence-corrected chi connectivity index (χ3v) is 4.73. The van der Waals surface area contributed by atoms with E-state index in [1.165, 1.54) is 6.42 Å². The Hall–Kier alpha value is -2.28. The fourth-order valence-electron chi connectivity index (χ4n) is 3.39. The van der Waals surface area contributed by atoms with Gasteiger partial charge in [-0.15, -0.1) is 0 Å². The van der Waals surface area contributed by atoms with Crippen LogP contribution in [0.25, 0.3) is 0 Å². The zero-order valence-corrected chi connectivity index (χ0v) is 16.8. The molecule has 1 unspecified atom stereocenters. The van der Waals surface area contributed by atoms with Crippen LogP contribution in [0.15, 0.2) is 30.3 Å². The molecule has 1 aliphatic rings. The van der Waals surface area contributed by atoms with Gasteiger partial charge in [0.1, 0.15) is 6.04 Å². The Balaban J connectivity index is 1.94. The van der Waals surface area contributed by atoms with E-state index >= 15 is 0 Å². The molecule has 1 aliphatic carbocycles. The lowest BCUT2D eigenvalue weighted by atomic mass is 9.87. The first-order valence-corrected chi connectivity index (χ1v) is 9.97. The predicted molar refractivity (Wildman–Crippen MR) is 109 cm³/mol. The molecule has 0 aliphatic heterocycles. The smallest absolute Gasteiger partial charge is 0.296 e. The molecular weight excluding hydrogens is 336 g/mol. The lowest BCUT2D eigenvalue weighted by Gasteiger charge is -2.29. The van der Waals surface area contributed by atoms with E-state index in [0.29, 0.717) is 12.8 Å². The topological polar surface area (TPSA) is 58.2 Å². The molecule has 2 rings (SSSR count). The highest BCUT2D eigenvalue weighted by atomic mass is 16.2. The number of hydrogen-bond donors (Lipinski definition) is 2. The Bertz CT molecular complexity index is 674. The summed E-state index contributed by atoms with van der Waals surface area (Å²) in [6, 6.07) is 9.49. The van der Waals surface area contributed by atoms with Crippen LogP contribution < -0.4 is 10.6 Å². The van der Waals surface area contributed by atoms with Gasteiger partial charge in [-0.3, -0.25) is 9.59 Å². The molecule has 0 radical (unpaired) electrons. The highest BCUT2D eigenvalue weighted by Crippen LogP contribution is 2.22. The summed E-state index contributed by atoms with van der Waals surface area (Å²) in [5.74, 6) is 5.04. The quantitative estimate of drug-likeness (QED) is 0.780. The first-order chi connectivity index (χ1) is 12.8. The van der Waals surface area contributed by atoms with Crippen LogP contribution in [0.3, 0.4) is 0 Å². The number of carbonyl (C=O) groups is 2. The molecule has 0 bridgehead atoms. The summed E-state index contributed by atoms with van der Waals surface area (Å²) in [5, 5.41) is 5.95. The SMILES string of the molecule is CC(C)(C)CC(NC(=O)C#CCc1ccccc1)C(=O)NC1CCCCC1. The minimum absolute atomic E-state index is 0.0701. The van der Waals surface area contributed by atoms with Crippen molar-refractivity contribution >= 4 is 11.8 Å². The van der Waals surface area contributed by atoms with E-state index in [4.69, 9.17) is 0 Å². The van der Waals surface area contributed by atoms with Crippen molar-refractivity contribution in [1.82, 2.24) is 10.6 Å². The standard InChI is InChI=1S/C23H32N2O2/c1-23(2,3)17-20(22(27)24-19-14-8-5-9-15-19)25-21(26)16-10-13-18-11-6-4-7-12-18/h4,6-7,11-12,19-20H,5,8-9,13-15,17H2,1-3H3,(H,24,27)(H,25,26). The average Bonchev–Trinajstić information content (AvgIpc) is 2.62. The first kappa shape index (κ1) is 21.0. The Morgan fingerprint density at radius 3 is 2.41 bits per heavy atom. The van der Waals surface area contributed by atoms with E-state index in [9.17, 15) is 9.59 Å². The summed E-state index contributed by atoms with van der Waals surface area (Å²) in [7, 11) is 0. The van der Waals surface area contributed by atoms with E-state index in [0.717, 1.165) is 31.2 Å². The van der Waals surface area contributed by atoms with Crippen LogP contribution in [0.1, 0.15) is 64.9 Å². The molecular formula is C23H32N2O2. The van der Waals surface area contributed by atoms with Crippen LogP contribution in [0, 0.1) is 17.3 Å². The van der Waals surface area contributed by atoms with Gasteiger partial charge in [0.05, 0.1) is 0 Å². The van der Waals surface area contributed by atoms with Gasteiger partial charge in [0.15, 0.2) is 0 Å². The monoisotopic (exact) mass is 368 g/mol. The van der Waals surface area contributed by atoms with Gasteiger partial charge in [0, 0.05) is 12.5 Å². The van der Waals surface area contributed by atoms with E-state index in [1.807, 2.05) is 30.3 Å². The summed E-state index contributed by atoms with van der Waals surface area (Å²) in [5.41, 5.74) is 0.998. The summed E-state index contributed by atoms with van der Waals surface area (Å²) in [4.78, 5) is 25.0. The molecule has 0 spiro atoms. The molecule has 1 aromatic carbocycles. The third kappa shape index (κ3) is 8.30. The summed E-state index contributed by atoms with van der Waals surface area (Å²) >= 11 is 0. The number of nitrogens with one attached hydrogen (secondary N) is 2. The van der Waals surface area contributed by atoms with Crippen molar-refractivity contribution < 1.29 is 9.59 Å². The summed E-state index contributed by atoms with van der Waals surface area (Å²) < 4.78 is 0. The Kier molecular flexibility index (Phi) is 7.91. The highest BCUT2D eigenvalue weighted by Gasteiger charge is 2.28. The molecule has 1 atom stereocenters. The second-order valence-corrected chi connectivity index (χ2v) is 8.60. The number of amides is 2. The van der Waals surface area contributed by atoms with Gasteiger partial charge < -0.3 is 10.6 Å². The first-order valence-electron chi connectivity index (χ1n) is 9.97. The van der Waals surface area contributed by atoms with Gasteiger partial charge in [-0.25, -0.2) is 0 Å². The minimum atomic E-state index is -0.551. The Labute approximate surface area is 163 Å². The zero-order chi connectivity index (χ0) is 19.7. The number of carbonyl (C=O) groups excluding carboxylic acids is 2. The maximum Gasteiger partial charge on any atom is 0.296 e. The lowest BCUT2D eigenvalue weighted by Crippen LogP contribution is -2.51. The van der Waals surface area contributed by atoms with Crippen LogP contribution >= 0.6 is 0 Å². The molecule has 4 heteroatoms. The summed E-state index contributed by atoms with van der Waals surface area (Å²) in [6.07, 6.45) is 6.71. The average molecular weight is 369 g/mol. The van der Waals surface area contributed by atoms with Gasteiger partial charge in [-0.2, -0.15) is 0 Å². The van der Waals surface area contributed by atoms with Gasteiger partial charge in [0.2, 0.25) is 5.91 Å². The second kappa shape index (κ2) is 10.2. The number of hydrogen-bond acceptors (Lipinski definition) is 2. The van der Waals surface area contributed by atoms with Gasteiger partial charge >= 0.3 is 0 Å². The van der Waals surface area contributed by atoms with Crippen LogP contribution in [0.2, 0.25) is 0 Å². The van der Waals surface area contributed by atoms with Crippen LogP contribution in [-0.4, -0.2) is 23.9 Å². The molecule has 146 valence electrons. The lowest BCUT2D eigenvalue weighted by molar-refractivity contribution is -0.128. The second-order valence-electron chi connectivity index (χ2n) is 8.60. The molecule has 27 heavy (non-hydrogen) atoms. The van der Waals surface area contributed by atoms with Crippen LogP contribution in [0.4, 0.5) is 0 Å². The maximum atomic E-state index is 12.7. The van der Waals surface area contributed by atoms with Crippen LogP contribution in [-0.2, 0) is 16.0 Å². The highest BCUT2D eigenvalue weighted by molar-refractivity contribution is 5.97. The van der Waals surface area contributed by atoms with Crippen molar-refractivity contribution in [2.75, 3.05) is 0 Å². The molecule has 1 fully saturated rings. The zero-order valence-electron chi connectivity index (χ0n) is 16.8. The Morgan fingerprint density at radius 2 is 1.78 bits per heavy atom. The minimum Gasteiger partial charge on any atom is -0.352 e. The summed E-state index contributed by atoms with van der Waals surface area (Å²) in [6.45, 7) is 6.21. The van der Waals surface area contributed by atoms with Crippen molar-refractivity contribution in [3.05, 3.63) is 35.9 Å². The largest absolute Gasteiger partial charge is 0.352 e. The van der Waals surface area contributed by atoms with E-state index < -0.39 is 6.04 Å². The third-order valence-electron chi connectivity index (χ3n) is 4.73. The van der Waals surface area contributed by atoms with E-state index in [-0.39, 0.29) is 23.3 Å². The molecule has 2 N–H and O–H groups in total. The van der Waals surface area contributed by atoms with Gasteiger partial charge in [-0.1, -0.05) is 76.3 Å². The van der Waals surface area contributed by atoms with E-state index in [2.05, 4.69) is 43.2 Å². The maximum absolute atomic E-state index is 12.7. The fourth-order valence-corrected chi connectivity index (χ4v) is 3.39. The fraction of sp³-hybridized carbons (Fsp3) is 0.565. The normalized spacial score (nSPS) is 16.0. The van der Waals surface area contributed by atoms with Crippen molar-refractivity contribution in [2.24, 2.45) is 5.41 Å².